The van der Waals surface area contributed by atoms with E-state index >= 15 is 0 Å². The van der Waals surface area contributed by atoms with Crippen molar-refractivity contribution in [2.75, 3.05) is 0 Å². The van der Waals surface area contributed by atoms with Gasteiger partial charge in [-0.2, -0.15) is 5.26 Å². The molecular weight excluding hydrogens is 157 g/mol. The molecule has 1 aromatic carbocycles. The maximum Gasteiger partial charge on any atom is 0.190 e. The van der Waals surface area contributed by atoms with Crippen molar-refractivity contribution in [3.63, 3.8) is 0 Å². The highest BCUT2D eigenvalue weighted by Gasteiger charge is 2.01. The van der Waals surface area contributed by atoms with Crippen LogP contribution in [0.4, 0.5) is 4.39 Å². The summed E-state index contributed by atoms with van der Waals surface area (Å²) in [5.41, 5.74) is 1.12. The van der Waals surface area contributed by atoms with Gasteiger partial charge in [-0.05, 0) is 12.1 Å². The van der Waals surface area contributed by atoms with Gasteiger partial charge in [0.05, 0.1) is 11.0 Å². The summed E-state index contributed by atoms with van der Waals surface area (Å²) < 4.78 is 13.9. The molecule has 0 spiro atoms. The van der Waals surface area contributed by atoms with E-state index in [-0.39, 0.29) is 5.82 Å². The second-order valence-corrected chi connectivity index (χ2v) is 2.35. The second-order valence-electron chi connectivity index (χ2n) is 2.35. The van der Waals surface area contributed by atoms with Crippen molar-refractivity contribution in [2.24, 2.45) is 0 Å². The Balaban J connectivity index is 2.86. The highest BCUT2D eigenvalue weighted by atomic mass is 19.1. The largest absolute Gasteiger partial charge is 0.236 e. The molecule has 1 aromatic heterocycles. The van der Waals surface area contributed by atoms with E-state index in [0.717, 1.165) is 0 Å². The lowest BCUT2D eigenvalue weighted by atomic mass is 10.3. The zero-order chi connectivity index (χ0) is 8.55. The average molecular weight is 161 g/mol. The molecular formula is C8H4FN3. The molecule has 1 heterocycles. The first-order chi connectivity index (χ1) is 5.81. The fraction of sp³-hybridized carbons (Fsp3) is 0. The molecule has 58 valence electrons. The molecule has 2 aromatic rings. The molecule has 0 atom stereocenters. The van der Waals surface area contributed by atoms with Gasteiger partial charge < -0.3 is 0 Å². The maximum absolute atomic E-state index is 12.7. The van der Waals surface area contributed by atoms with Crippen LogP contribution in [0, 0.1) is 17.3 Å². The molecule has 0 amide bonds. The van der Waals surface area contributed by atoms with Gasteiger partial charge in [-0.15, -0.1) is 0 Å². The number of benzene rings is 1. The van der Waals surface area contributed by atoms with Crippen LogP contribution in [0.15, 0.2) is 24.5 Å². The third-order valence-corrected chi connectivity index (χ3v) is 1.62. The van der Waals surface area contributed by atoms with Crippen molar-refractivity contribution in [3.8, 4) is 6.19 Å². The van der Waals surface area contributed by atoms with Crippen LogP contribution in [0.1, 0.15) is 0 Å². The molecule has 0 aliphatic heterocycles. The number of nitrogens with zero attached hydrogens (tertiary/aromatic N) is 3. The van der Waals surface area contributed by atoms with Crippen molar-refractivity contribution < 1.29 is 4.39 Å². The lowest BCUT2D eigenvalue weighted by molar-refractivity contribution is 0.629. The number of aromatic nitrogens is 2. The zero-order valence-electron chi connectivity index (χ0n) is 6.03. The summed E-state index contributed by atoms with van der Waals surface area (Å²) in [4.78, 5) is 3.90. The average Bonchev–Trinajstić information content (AvgIpc) is 2.46. The highest BCUT2D eigenvalue weighted by Crippen LogP contribution is 2.12. The molecule has 0 radical (unpaired) electrons. The molecule has 0 saturated heterocycles. The normalized spacial score (nSPS) is 10.0. The Morgan fingerprint density at radius 2 is 2.33 bits per heavy atom. The lowest BCUT2D eigenvalue weighted by Crippen LogP contribution is -1.84. The lowest BCUT2D eigenvalue weighted by Gasteiger charge is -1.90. The third kappa shape index (κ3) is 0.839. The number of fused-ring (bicyclic) bond motifs is 1. The minimum atomic E-state index is -0.362. The second kappa shape index (κ2) is 2.31. The van der Waals surface area contributed by atoms with Gasteiger partial charge in [-0.25, -0.2) is 13.9 Å². The standard InChI is InChI=1S/C8H4FN3/c9-6-1-2-7-8(3-6)12(4-10)5-11-7/h1-3,5H. The molecule has 0 unspecified atom stereocenters. The van der Waals surface area contributed by atoms with Gasteiger partial charge in [0.15, 0.2) is 6.19 Å². The first-order valence-corrected chi connectivity index (χ1v) is 3.34. The molecule has 2 rings (SSSR count). The Morgan fingerprint density at radius 1 is 1.50 bits per heavy atom. The number of halogens is 1. The van der Waals surface area contributed by atoms with E-state index < -0.39 is 0 Å². The Labute approximate surface area is 67.7 Å². The molecule has 0 N–H and O–H groups in total. The van der Waals surface area contributed by atoms with Gasteiger partial charge in [0.1, 0.15) is 12.1 Å². The van der Waals surface area contributed by atoms with Crippen LogP contribution in [0.5, 0.6) is 0 Å². The van der Waals surface area contributed by atoms with E-state index in [1.807, 2.05) is 6.19 Å². The van der Waals surface area contributed by atoms with Gasteiger partial charge in [0.2, 0.25) is 0 Å². The Kier molecular flexibility index (Phi) is 1.31. The molecule has 12 heavy (non-hydrogen) atoms. The van der Waals surface area contributed by atoms with Crippen LogP contribution < -0.4 is 0 Å². The van der Waals surface area contributed by atoms with Gasteiger partial charge in [0, 0.05) is 6.07 Å². The summed E-state index contributed by atoms with van der Waals surface area (Å²) in [6.07, 6.45) is 3.23. The van der Waals surface area contributed by atoms with E-state index in [4.69, 9.17) is 5.26 Å². The molecule has 0 aliphatic carbocycles. The van der Waals surface area contributed by atoms with Crippen LogP contribution in [-0.2, 0) is 0 Å². The number of hydrogen-bond donors (Lipinski definition) is 0. The predicted octanol–water partition coefficient (Wildman–Crippen LogP) is 1.50. The van der Waals surface area contributed by atoms with Crippen LogP contribution in [-0.4, -0.2) is 9.55 Å². The van der Waals surface area contributed by atoms with E-state index in [0.29, 0.717) is 11.0 Å². The van der Waals surface area contributed by atoms with Gasteiger partial charge in [-0.3, -0.25) is 0 Å². The number of nitriles is 1. The van der Waals surface area contributed by atoms with E-state index in [1.54, 1.807) is 6.07 Å². The summed E-state index contributed by atoms with van der Waals surface area (Å²) in [7, 11) is 0. The molecule has 0 fully saturated rings. The summed E-state index contributed by atoms with van der Waals surface area (Å²) in [5.74, 6) is -0.362. The molecule has 4 heteroatoms. The smallest absolute Gasteiger partial charge is 0.190 e. The molecule has 0 saturated carbocycles. The first kappa shape index (κ1) is 6.80. The molecule has 0 aliphatic rings. The summed E-state index contributed by atoms with van der Waals surface area (Å²) >= 11 is 0. The van der Waals surface area contributed by atoms with Gasteiger partial charge >= 0.3 is 0 Å². The van der Waals surface area contributed by atoms with Crippen molar-refractivity contribution in [3.05, 3.63) is 30.3 Å². The quantitative estimate of drug-likeness (QED) is 0.587. The maximum atomic E-state index is 12.7. The van der Waals surface area contributed by atoms with Crippen molar-refractivity contribution in [1.82, 2.24) is 9.55 Å². The molecule has 0 bridgehead atoms. The minimum Gasteiger partial charge on any atom is -0.236 e. The predicted molar refractivity (Wildman–Crippen MR) is 40.7 cm³/mol. The minimum absolute atomic E-state index is 0.362. The fourth-order valence-electron chi connectivity index (χ4n) is 1.06. The number of rotatable bonds is 0. The van der Waals surface area contributed by atoms with Crippen molar-refractivity contribution in [1.29, 1.82) is 5.26 Å². The summed E-state index contributed by atoms with van der Waals surface area (Å²) in [6, 6.07) is 4.14. The van der Waals surface area contributed by atoms with Crippen LogP contribution in [0.2, 0.25) is 0 Å². The number of imidazole rings is 1. The van der Waals surface area contributed by atoms with Crippen molar-refractivity contribution in [2.45, 2.75) is 0 Å². The fourth-order valence-corrected chi connectivity index (χ4v) is 1.06. The Morgan fingerprint density at radius 3 is 3.08 bits per heavy atom. The number of hydrogen-bond acceptors (Lipinski definition) is 2. The third-order valence-electron chi connectivity index (χ3n) is 1.62. The summed E-state index contributed by atoms with van der Waals surface area (Å²) in [5, 5.41) is 8.57. The van der Waals surface area contributed by atoms with E-state index in [9.17, 15) is 4.39 Å². The topological polar surface area (TPSA) is 41.6 Å². The van der Waals surface area contributed by atoms with Crippen LogP contribution >= 0.6 is 0 Å². The zero-order valence-corrected chi connectivity index (χ0v) is 6.03. The SMILES string of the molecule is N#Cn1cnc2ccc(F)cc21. The van der Waals surface area contributed by atoms with Crippen molar-refractivity contribution >= 4 is 11.0 Å². The Hall–Kier alpha value is -1.89. The first-order valence-electron chi connectivity index (χ1n) is 3.34. The van der Waals surface area contributed by atoms with Crippen LogP contribution in [0.3, 0.4) is 0 Å². The van der Waals surface area contributed by atoms with E-state index in [1.165, 1.54) is 23.0 Å². The van der Waals surface area contributed by atoms with Crippen LogP contribution in [0.25, 0.3) is 11.0 Å². The van der Waals surface area contributed by atoms with Gasteiger partial charge in [0.25, 0.3) is 0 Å². The highest BCUT2D eigenvalue weighted by molar-refractivity contribution is 5.75. The summed E-state index contributed by atoms with van der Waals surface area (Å²) in [6.45, 7) is 0. The van der Waals surface area contributed by atoms with Gasteiger partial charge in [-0.1, -0.05) is 0 Å². The van der Waals surface area contributed by atoms with E-state index in [2.05, 4.69) is 4.98 Å². The monoisotopic (exact) mass is 161 g/mol. The Bertz CT molecular complexity index is 467. The molecule has 3 nitrogen and oxygen atoms in total.